The summed E-state index contributed by atoms with van der Waals surface area (Å²) in [6.45, 7) is 0. The van der Waals surface area contributed by atoms with Gasteiger partial charge in [0.25, 0.3) is 5.91 Å². The minimum absolute atomic E-state index is 0.128. The summed E-state index contributed by atoms with van der Waals surface area (Å²) < 4.78 is 0. The maximum absolute atomic E-state index is 11.8. The molecule has 2 aliphatic rings. The van der Waals surface area contributed by atoms with Crippen LogP contribution in [-0.4, -0.2) is 11.7 Å². The van der Waals surface area contributed by atoms with Crippen LogP contribution in [0.2, 0.25) is 5.02 Å². The Labute approximate surface area is 111 Å². The van der Waals surface area contributed by atoms with Gasteiger partial charge >= 0.3 is 0 Å². The fraction of sp³-hybridized carbons (Fsp3) is 0.286. The van der Waals surface area contributed by atoms with Crippen molar-refractivity contribution < 1.29 is 4.79 Å². The monoisotopic (exact) mass is 260 g/mol. The number of aliphatic imine (C=N–C) groups is 1. The summed E-state index contributed by atoms with van der Waals surface area (Å²) in [5.41, 5.74) is 1.27. The molecule has 3 rings (SSSR count). The zero-order valence-electron chi connectivity index (χ0n) is 9.82. The number of hydrogen-bond acceptors (Lipinski definition) is 2. The van der Waals surface area contributed by atoms with Crippen LogP contribution in [0.3, 0.4) is 0 Å². The molecule has 92 valence electrons. The van der Waals surface area contributed by atoms with Crippen LogP contribution < -0.4 is 5.32 Å². The van der Waals surface area contributed by atoms with Gasteiger partial charge in [0.1, 0.15) is 11.5 Å². The number of carbonyl (C=O) groups excluding carboxylic acids is 1. The third kappa shape index (κ3) is 2.06. The van der Waals surface area contributed by atoms with E-state index in [0.29, 0.717) is 16.6 Å². The van der Waals surface area contributed by atoms with Gasteiger partial charge in [-0.15, -0.1) is 0 Å². The Morgan fingerprint density at radius 2 is 2.11 bits per heavy atom. The van der Waals surface area contributed by atoms with Crippen LogP contribution in [0.1, 0.15) is 24.8 Å². The molecule has 0 radical (unpaired) electrons. The molecule has 1 aliphatic heterocycles. The molecule has 1 aliphatic carbocycles. The molecule has 0 spiro atoms. The highest BCUT2D eigenvalue weighted by Crippen LogP contribution is 2.30. The van der Waals surface area contributed by atoms with E-state index in [2.05, 4.69) is 10.3 Å². The minimum Gasteiger partial charge on any atom is -0.308 e. The van der Waals surface area contributed by atoms with E-state index < -0.39 is 0 Å². The lowest BCUT2D eigenvalue weighted by Gasteiger charge is -2.24. The Morgan fingerprint density at radius 1 is 1.33 bits per heavy atom. The highest BCUT2D eigenvalue weighted by molar-refractivity contribution is 6.32. The van der Waals surface area contributed by atoms with Gasteiger partial charge in [-0.25, -0.2) is 4.99 Å². The first-order valence-electron chi connectivity index (χ1n) is 6.10. The van der Waals surface area contributed by atoms with Gasteiger partial charge in [-0.2, -0.15) is 0 Å². The SMILES string of the molecule is O=C1NC(C2CCC2)=N/C1=C\c1ccccc1Cl. The molecule has 0 aromatic heterocycles. The number of hydrogen-bond donors (Lipinski definition) is 1. The average Bonchev–Trinajstić information content (AvgIpc) is 2.61. The molecule has 0 saturated heterocycles. The number of carbonyl (C=O) groups is 1. The summed E-state index contributed by atoms with van der Waals surface area (Å²) in [5.74, 6) is 1.13. The van der Waals surface area contributed by atoms with E-state index in [1.54, 1.807) is 12.1 Å². The molecular weight excluding hydrogens is 248 g/mol. The third-order valence-corrected chi connectivity index (χ3v) is 3.75. The number of rotatable bonds is 2. The molecule has 3 nitrogen and oxygen atoms in total. The molecule has 1 aromatic carbocycles. The molecule has 1 amide bonds. The summed E-state index contributed by atoms with van der Waals surface area (Å²) in [7, 11) is 0. The average molecular weight is 261 g/mol. The molecule has 1 N–H and O–H groups in total. The van der Waals surface area contributed by atoms with Crippen LogP contribution in [0.15, 0.2) is 35.0 Å². The van der Waals surface area contributed by atoms with E-state index >= 15 is 0 Å². The molecule has 0 unspecified atom stereocenters. The quantitative estimate of drug-likeness (QED) is 0.816. The highest BCUT2D eigenvalue weighted by atomic mass is 35.5. The summed E-state index contributed by atoms with van der Waals surface area (Å²) in [6.07, 6.45) is 5.21. The Hall–Kier alpha value is -1.61. The lowest BCUT2D eigenvalue weighted by atomic mass is 9.84. The van der Waals surface area contributed by atoms with Crippen LogP contribution in [-0.2, 0) is 4.79 Å². The second-order valence-electron chi connectivity index (χ2n) is 4.63. The van der Waals surface area contributed by atoms with Gasteiger partial charge in [0.05, 0.1) is 0 Å². The number of nitrogens with zero attached hydrogens (tertiary/aromatic N) is 1. The van der Waals surface area contributed by atoms with Crippen molar-refractivity contribution >= 4 is 29.4 Å². The van der Waals surface area contributed by atoms with Crippen molar-refractivity contribution in [1.82, 2.24) is 5.32 Å². The Bertz CT molecular complexity index is 559. The molecule has 1 aromatic rings. The number of benzene rings is 1. The van der Waals surface area contributed by atoms with Crippen molar-refractivity contribution in [3.05, 3.63) is 40.5 Å². The second-order valence-corrected chi connectivity index (χ2v) is 5.04. The van der Waals surface area contributed by atoms with E-state index in [1.807, 2.05) is 18.2 Å². The van der Waals surface area contributed by atoms with Gasteiger partial charge in [-0.1, -0.05) is 36.2 Å². The van der Waals surface area contributed by atoms with E-state index in [-0.39, 0.29) is 5.91 Å². The minimum atomic E-state index is -0.128. The third-order valence-electron chi connectivity index (χ3n) is 3.40. The molecule has 0 atom stereocenters. The summed E-state index contributed by atoms with van der Waals surface area (Å²) in [4.78, 5) is 16.2. The predicted octanol–water partition coefficient (Wildman–Crippen LogP) is 3.01. The van der Waals surface area contributed by atoms with Crippen molar-refractivity contribution in [3.63, 3.8) is 0 Å². The first-order chi connectivity index (χ1) is 8.74. The first kappa shape index (κ1) is 11.5. The maximum atomic E-state index is 11.8. The van der Waals surface area contributed by atoms with Gasteiger partial charge < -0.3 is 5.32 Å². The number of amides is 1. The molecule has 1 saturated carbocycles. The molecular formula is C14H13ClN2O. The number of amidine groups is 1. The van der Waals surface area contributed by atoms with Crippen LogP contribution in [0.25, 0.3) is 6.08 Å². The zero-order chi connectivity index (χ0) is 12.5. The van der Waals surface area contributed by atoms with Gasteiger partial charge in [0, 0.05) is 10.9 Å². The molecule has 1 heterocycles. The van der Waals surface area contributed by atoms with E-state index in [0.717, 1.165) is 24.2 Å². The fourth-order valence-corrected chi connectivity index (χ4v) is 2.29. The van der Waals surface area contributed by atoms with Crippen LogP contribution in [0, 0.1) is 5.92 Å². The van der Waals surface area contributed by atoms with Crippen molar-refractivity contribution in [2.24, 2.45) is 10.9 Å². The highest BCUT2D eigenvalue weighted by Gasteiger charge is 2.30. The smallest absolute Gasteiger partial charge is 0.275 e. The molecule has 0 bridgehead atoms. The maximum Gasteiger partial charge on any atom is 0.275 e. The zero-order valence-corrected chi connectivity index (χ0v) is 10.6. The van der Waals surface area contributed by atoms with Crippen molar-refractivity contribution in [1.29, 1.82) is 0 Å². The van der Waals surface area contributed by atoms with Crippen LogP contribution >= 0.6 is 11.6 Å². The van der Waals surface area contributed by atoms with Crippen molar-refractivity contribution in [2.75, 3.05) is 0 Å². The summed E-state index contributed by atoms with van der Waals surface area (Å²) in [6, 6.07) is 7.43. The van der Waals surface area contributed by atoms with Gasteiger partial charge in [-0.05, 0) is 30.5 Å². The largest absolute Gasteiger partial charge is 0.308 e. The summed E-state index contributed by atoms with van der Waals surface area (Å²) >= 11 is 6.06. The van der Waals surface area contributed by atoms with E-state index in [9.17, 15) is 4.79 Å². The first-order valence-corrected chi connectivity index (χ1v) is 6.48. The van der Waals surface area contributed by atoms with Crippen molar-refractivity contribution in [2.45, 2.75) is 19.3 Å². The Morgan fingerprint density at radius 3 is 2.78 bits per heavy atom. The predicted molar refractivity (Wildman–Crippen MR) is 72.3 cm³/mol. The summed E-state index contributed by atoms with van der Waals surface area (Å²) in [5, 5.41) is 3.48. The van der Waals surface area contributed by atoms with Crippen LogP contribution in [0.4, 0.5) is 0 Å². The normalized spacial score (nSPS) is 21.7. The fourth-order valence-electron chi connectivity index (χ4n) is 2.10. The molecule has 1 fully saturated rings. The van der Waals surface area contributed by atoms with Gasteiger partial charge in [-0.3, -0.25) is 4.79 Å². The lowest BCUT2D eigenvalue weighted by molar-refractivity contribution is -0.115. The molecule has 18 heavy (non-hydrogen) atoms. The van der Waals surface area contributed by atoms with Crippen LogP contribution in [0.5, 0.6) is 0 Å². The Balaban J connectivity index is 1.89. The van der Waals surface area contributed by atoms with Gasteiger partial charge in [0.2, 0.25) is 0 Å². The standard InChI is InChI=1S/C14H13ClN2O/c15-11-7-2-1-4-10(11)8-12-14(18)17-13(16-12)9-5-3-6-9/h1-2,4,7-9H,3,5-6H2,(H,16,17,18)/b12-8-. The Kier molecular flexibility index (Phi) is 2.92. The number of nitrogens with one attached hydrogen (secondary N) is 1. The van der Waals surface area contributed by atoms with E-state index in [4.69, 9.17) is 11.6 Å². The van der Waals surface area contributed by atoms with E-state index in [1.165, 1.54) is 6.42 Å². The topological polar surface area (TPSA) is 41.5 Å². The number of halogens is 1. The van der Waals surface area contributed by atoms with Gasteiger partial charge in [0.15, 0.2) is 0 Å². The molecule has 4 heteroatoms. The second kappa shape index (κ2) is 4.58. The lowest BCUT2D eigenvalue weighted by Crippen LogP contribution is -2.33. The van der Waals surface area contributed by atoms with Crippen molar-refractivity contribution in [3.8, 4) is 0 Å².